The molecule has 1 aliphatic heterocycles. The van der Waals surface area contributed by atoms with E-state index in [9.17, 15) is 9.59 Å². The van der Waals surface area contributed by atoms with E-state index in [4.69, 9.17) is 14.2 Å². The van der Waals surface area contributed by atoms with Crippen molar-refractivity contribution in [3.8, 4) is 11.5 Å². The number of rotatable bonds is 12. The molecule has 0 aromatic heterocycles. The number of carbonyl (C=O) groups excluding carboxylic acids is 2. The van der Waals surface area contributed by atoms with Gasteiger partial charge in [0.2, 0.25) is 11.8 Å². The molecule has 1 N–H and O–H groups in total. The first-order valence-corrected chi connectivity index (χ1v) is 13.3. The van der Waals surface area contributed by atoms with Gasteiger partial charge in [0, 0.05) is 32.7 Å². The molecule has 8 heteroatoms. The summed E-state index contributed by atoms with van der Waals surface area (Å²) in [7, 11) is 3.14. The molecule has 8 nitrogen and oxygen atoms in total. The molecule has 1 atom stereocenters. The van der Waals surface area contributed by atoms with E-state index in [1.807, 2.05) is 66.7 Å². The molecule has 1 aliphatic rings. The molecular formula is C31H37N3O5. The van der Waals surface area contributed by atoms with Crippen molar-refractivity contribution in [3.05, 3.63) is 95.6 Å². The lowest BCUT2D eigenvalue weighted by Crippen LogP contribution is -2.46. The Labute approximate surface area is 230 Å². The Bertz CT molecular complexity index is 1200. The number of nitrogens with zero attached hydrogens (tertiary/aromatic N) is 2. The minimum Gasteiger partial charge on any atom is -0.493 e. The monoisotopic (exact) mass is 531 g/mol. The summed E-state index contributed by atoms with van der Waals surface area (Å²) >= 11 is 0. The summed E-state index contributed by atoms with van der Waals surface area (Å²) in [5.74, 6) is 0.781. The number of hydrogen-bond acceptors (Lipinski definition) is 6. The highest BCUT2D eigenvalue weighted by atomic mass is 16.5. The highest BCUT2D eigenvalue weighted by molar-refractivity contribution is 5.89. The molecule has 0 radical (unpaired) electrons. The normalized spacial score (nSPS) is 14.3. The smallest absolute Gasteiger partial charge is 0.247 e. The van der Waals surface area contributed by atoms with Gasteiger partial charge in [0.15, 0.2) is 11.5 Å². The number of amides is 2. The fraction of sp³-hybridized carbons (Fsp3) is 0.355. The molecule has 1 fully saturated rings. The van der Waals surface area contributed by atoms with E-state index in [0.717, 1.165) is 36.3 Å². The predicted molar refractivity (Wildman–Crippen MR) is 150 cm³/mol. The molecule has 0 aliphatic carbocycles. The van der Waals surface area contributed by atoms with Gasteiger partial charge in [0.1, 0.15) is 6.04 Å². The summed E-state index contributed by atoms with van der Waals surface area (Å²) < 4.78 is 16.2. The average Bonchev–Trinajstić information content (AvgIpc) is 2.98. The lowest BCUT2D eigenvalue weighted by atomic mass is 10.0. The maximum absolute atomic E-state index is 14.0. The van der Waals surface area contributed by atoms with Crippen LogP contribution in [0.15, 0.2) is 78.9 Å². The lowest BCUT2D eigenvalue weighted by molar-refractivity contribution is -0.141. The molecule has 39 heavy (non-hydrogen) atoms. The quantitative estimate of drug-likeness (QED) is 0.386. The summed E-state index contributed by atoms with van der Waals surface area (Å²) in [6.45, 7) is 4.62. The zero-order valence-electron chi connectivity index (χ0n) is 22.7. The molecule has 3 aromatic carbocycles. The molecule has 0 saturated carbocycles. The van der Waals surface area contributed by atoms with Crippen LogP contribution in [-0.2, 0) is 27.3 Å². The molecule has 1 saturated heterocycles. The Morgan fingerprint density at radius 2 is 1.56 bits per heavy atom. The van der Waals surface area contributed by atoms with Crippen molar-refractivity contribution in [2.75, 3.05) is 53.6 Å². The van der Waals surface area contributed by atoms with E-state index < -0.39 is 6.04 Å². The van der Waals surface area contributed by atoms with Gasteiger partial charge in [0.25, 0.3) is 0 Å². The third-order valence-electron chi connectivity index (χ3n) is 6.83. The standard InChI is InChI=1S/C31H37N3O5/c1-37-27-14-13-25(21-28(27)38-2)22-29(35)34(23-24-9-5-3-6-10-24)30(26-11-7-4-8-12-26)31(36)32-15-16-33-17-19-39-20-18-33/h3-14,21,30H,15-20,22-23H2,1-2H3,(H,32,36)/t30-/m0/s1. The van der Waals surface area contributed by atoms with Crippen molar-refractivity contribution in [2.45, 2.75) is 19.0 Å². The Balaban J connectivity index is 1.60. The maximum atomic E-state index is 14.0. The highest BCUT2D eigenvalue weighted by Gasteiger charge is 2.31. The van der Waals surface area contributed by atoms with Crippen LogP contribution in [0.5, 0.6) is 11.5 Å². The summed E-state index contributed by atoms with van der Waals surface area (Å²) in [5.41, 5.74) is 2.48. The van der Waals surface area contributed by atoms with E-state index in [2.05, 4.69) is 10.2 Å². The molecule has 0 spiro atoms. The number of nitrogens with one attached hydrogen (secondary N) is 1. The first-order valence-electron chi connectivity index (χ1n) is 13.3. The minimum atomic E-state index is -0.788. The predicted octanol–water partition coefficient (Wildman–Crippen LogP) is 3.46. The highest BCUT2D eigenvalue weighted by Crippen LogP contribution is 2.29. The lowest BCUT2D eigenvalue weighted by Gasteiger charge is -2.32. The van der Waals surface area contributed by atoms with Crippen molar-refractivity contribution in [3.63, 3.8) is 0 Å². The second-order valence-corrected chi connectivity index (χ2v) is 9.43. The number of ether oxygens (including phenoxy) is 3. The first-order chi connectivity index (χ1) is 19.1. The molecule has 1 heterocycles. The van der Waals surface area contributed by atoms with Crippen LogP contribution in [0, 0.1) is 0 Å². The van der Waals surface area contributed by atoms with Gasteiger partial charge < -0.3 is 24.4 Å². The zero-order chi connectivity index (χ0) is 27.5. The van der Waals surface area contributed by atoms with Crippen LogP contribution in [0.1, 0.15) is 22.7 Å². The summed E-state index contributed by atoms with van der Waals surface area (Å²) in [5, 5.41) is 3.10. The van der Waals surface area contributed by atoms with E-state index in [0.29, 0.717) is 37.8 Å². The number of benzene rings is 3. The number of carbonyl (C=O) groups is 2. The van der Waals surface area contributed by atoms with Gasteiger partial charge >= 0.3 is 0 Å². The molecule has 0 unspecified atom stereocenters. The van der Waals surface area contributed by atoms with Crippen molar-refractivity contribution < 1.29 is 23.8 Å². The molecule has 0 bridgehead atoms. The first kappa shape index (κ1) is 28.1. The Morgan fingerprint density at radius 1 is 0.897 bits per heavy atom. The van der Waals surface area contributed by atoms with Crippen molar-refractivity contribution in [1.29, 1.82) is 0 Å². The number of morpholine rings is 1. The molecule has 206 valence electrons. The van der Waals surface area contributed by atoms with Crippen LogP contribution in [0.4, 0.5) is 0 Å². The van der Waals surface area contributed by atoms with Crippen molar-refractivity contribution >= 4 is 11.8 Å². The summed E-state index contributed by atoms with van der Waals surface area (Å²) in [6.07, 6.45) is 0.109. The van der Waals surface area contributed by atoms with Crippen LogP contribution in [0.2, 0.25) is 0 Å². The fourth-order valence-corrected chi connectivity index (χ4v) is 4.74. The molecule has 2 amide bonds. The largest absolute Gasteiger partial charge is 0.493 e. The van der Waals surface area contributed by atoms with E-state index in [-0.39, 0.29) is 18.2 Å². The fourth-order valence-electron chi connectivity index (χ4n) is 4.74. The van der Waals surface area contributed by atoms with Gasteiger partial charge in [-0.3, -0.25) is 14.5 Å². The van der Waals surface area contributed by atoms with E-state index in [1.54, 1.807) is 31.3 Å². The van der Waals surface area contributed by atoms with Gasteiger partial charge in [-0.2, -0.15) is 0 Å². The van der Waals surface area contributed by atoms with E-state index >= 15 is 0 Å². The molecule has 3 aromatic rings. The van der Waals surface area contributed by atoms with Gasteiger partial charge in [-0.25, -0.2) is 0 Å². The number of methoxy groups -OCH3 is 2. The maximum Gasteiger partial charge on any atom is 0.247 e. The average molecular weight is 532 g/mol. The van der Waals surface area contributed by atoms with Crippen LogP contribution < -0.4 is 14.8 Å². The van der Waals surface area contributed by atoms with Gasteiger partial charge in [-0.05, 0) is 28.8 Å². The minimum absolute atomic E-state index is 0.109. The topological polar surface area (TPSA) is 80.3 Å². The Morgan fingerprint density at radius 3 is 2.23 bits per heavy atom. The number of hydrogen-bond donors (Lipinski definition) is 1. The third-order valence-corrected chi connectivity index (χ3v) is 6.83. The SMILES string of the molecule is COc1ccc(CC(=O)N(Cc2ccccc2)[C@H](C(=O)NCCN2CCOCC2)c2ccccc2)cc1OC. The third kappa shape index (κ3) is 7.81. The zero-order valence-corrected chi connectivity index (χ0v) is 22.7. The van der Waals surface area contributed by atoms with Gasteiger partial charge in [-0.1, -0.05) is 66.7 Å². The van der Waals surface area contributed by atoms with E-state index in [1.165, 1.54) is 0 Å². The van der Waals surface area contributed by atoms with Gasteiger partial charge in [-0.15, -0.1) is 0 Å². The van der Waals surface area contributed by atoms with Crippen LogP contribution in [-0.4, -0.2) is 75.2 Å². The second kappa shape index (κ2) is 14.3. The van der Waals surface area contributed by atoms with Crippen molar-refractivity contribution in [2.24, 2.45) is 0 Å². The van der Waals surface area contributed by atoms with Crippen LogP contribution in [0.3, 0.4) is 0 Å². The second-order valence-electron chi connectivity index (χ2n) is 9.43. The Hall–Kier alpha value is -3.88. The summed E-state index contributed by atoms with van der Waals surface area (Å²) in [6, 6.07) is 23.9. The van der Waals surface area contributed by atoms with Crippen LogP contribution >= 0.6 is 0 Å². The van der Waals surface area contributed by atoms with Crippen LogP contribution in [0.25, 0.3) is 0 Å². The van der Waals surface area contributed by atoms with Crippen molar-refractivity contribution in [1.82, 2.24) is 15.1 Å². The summed E-state index contributed by atoms with van der Waals surface area (Å²) in [4.78, 5) is 31.7. The Kier molecular flexibility index (Phi) is 10.3. The molecular weight excluding hydrogens is 494 g/mol. The molecule has 4 rings (SSSR count). The van der Waals surface area contributed by atoms with Gasteiger partial charge in [0.05, 0.1) is 33.9 Å².